The molecule has 0 aromatic carbocycles. The maximum atomic E-state index is 12.0. The molecule has 2 fully saturated rings. The molecule has 2 aliphatic rings. The Morgan fingerprint density at radius 2 is 2.06 bits per heavy atom. The van der Waals surface area contributed by atoms with E-state index in [-0.39, 0.29) is 16.8 Å². The quantitative estimate of drug-likeness (QED) is 0.539. The van der Waals surface area contributed by atoms with Crippen molar-refractivity contribution in [3.63, 3.8) is 0 Å². The van der Waals surface area contributed by atoms with Crippen LogP contribution in [0, 0.1) is 16.7 Å². The molecule has 2 atom stereocenters. The fourth-order valence-corrected chi connectivity index (χ4v) is 4.34. The molecule has 0 amide bonds. The first kappa shape index (κ1) is 12.7. The molecule has 0 radical (unpaired) electrons. The number of rotatable bonds is 2. The van der Waals surface area contributed by atoms with E-state index < -0.39 is 0 Å². The van der Waals surface area contributed by atoms with E-state index in [1.165, 1.54) is 24.8 Å². The largest absolute Gasteiger partial charge is 0.463 e. The minimum absolute atomic E-state index is 0.121. The Morgan fingerprint density at radius 1 is 1.41 bits per heavy atom. The first-order chi connectivity index (χ1) is 7.83. The van der Waals surface area contributed by atoms with E-state index in [2.05, 4.69) is 20.8 Å². The zero-order valence-electron chi connectivity index (χ0n) is 11.7. The van der Waals surface area contributed by atoms with Crippen molar-refractivity contribution in [1.29, 1.82) is 0 Å². The summed E-state index contributed by atoms with van der Waals surface area (Å²) in [6, 6.07) is 0. The van der Waals surface area contributed by atoms with Gasteiger partial charge in [0, 0.05) is 5.57 Å². The second-order valence-electron chi connectivity index (χ2n) is 6.44. The van der Waals surface area contributed by atoms with Gasteiger partial charge >= 0.3 is 5.97 Å². The maximum absolute atomic E-state index is 12.0. The van der Waals surface area contributed by atoms with Gasteiger partial charge in [0.1, 0.15) is 0 Å². The standard InChI is InChI=1S/C15H24O2/c1-6-17-13(16)10(2)12-14(3,4)11-7-8-15(12,5)9-11/h11H,6-9H2,1-5H3. The third kappa shape index (κ3) is 1.73. The number of carbonyl (C=O) groups is 1. The van der Waals surface area contributed by atoms with Crippen LogP contribution in [-0.2, 0) is 9.53 Å². The summed E-state index contributed by atoms with van der Waals surface area (Å²) in [5.74, 6) is 0.622. The molecule has 2 aliphatic carbocycles. The number of esters is 1. The minimum atomic E-state index is -0.121. The zero-order valence-corrected chi connectivity index (χ0v) is 11.7. The Morgan fingerprint density at radius 3 is 2.53 bits per heavy atom. The maximum Gasteiger partial charge on any atom is 0.333 e. The van der Waals surface area contributed by atoms with Gasteiger partial charge in [-0.1, -0.05) is 20.8 Å². The second kappa shape index (κ2) is 3.86. The highest BCUT2D eigenvalue weighted by molar-refractivity contribution is 5.89. The van der Waals surface area contributed by atoms with Crippen molar-refractivity contribution in [3.05, 3.63) is 11.1 Å². The van der Waals surface area contributed by atoms with Crippen LogP contribution < -0.4 is 0 Å². The molecule has 2 bridgehead atoms. The number of ether oxygens (including phenoxy) is 1. The van der Waals surface area contributed by atoms with Crippen LogP contribution >= 0.6 is 0 Å². The Kier molecular flexibility index (Phi) is 2.87. The molecule has 2 saturated carbocycles. The molecule has 2 rings (SSSR count). The number of hydrogen-bond acceptors (Lipinski definition) is 2. The normalized spacial score (nSPS) is 37.1. The van der Waals surface area contributed by atoms with Crippen molar-refractivity contribution in [2.45, 2.75) is 53.9 Å². The number of carbonyl (C=O) groups excluding carboxylic acids is 1. The fourth-order valence-electron chi connectivity index (χ4n) is 4.34. The van der Waals surface area contributed by atoms with Crippen molar-refractivity contribution >= 4 is 5.97 Å². The highest BCUT2D eigenvalue weighted by Crippen LogP contribution is 2.66. The summed E-state index contributed by atoms with van der Waals surface area (Å²) in [7, 11) is 0. The molecule has 2 unspecified atom stereocenters. The molecule has 2 heteroatoms. The molecular formula is C15H24O2. The summed E-state index contributed by atoms with van der Waals surface area (Å²) in [5.41, 5.74) is 2.63. The van der Waals surface area contributed by atoms with Gasteiger partial charge in [0.2, 0.25) is 0 Å². The van der Waals surface area contributed by atoms with Gasteiger partial charge in [0.25, 0.3) is 0 Å². The van der Waals surface area contributed by atoms with E-state index in [0.29, 0.717) is 6.61 Å². The molecule has 0 aliphatic heterocycles. The van der Waals surface area contributed by atoms with Crippen LogP contribution in [0.25, 0.3) is 0 Å². The molecule has 2 nitrogen and oxygen atoms in total. The first-order valence-corrected chi connectivity index (χ1v) is 6.72. The molecule has 96 valence electrons. The highest BCUT2D eigenvalue weighted by Gasteiger charge is 2.56. The molecule has 17 heavy (non-hydrogen) atoms. The van der Waals surface area contributed by atoms with Gasteiger partial charge in [-0.2, -0.15) is 0 Å². The van der Waals surface area contributed by atoms with E-state index in [9.17, 15) is 4.79 Å². The lowest BCUT2D eigenvalue weighted by molar-refractivity contribution is -0.138. The van der Waals surface area contributed by atoms with Crippen LogP contribution in [0.3, 0.4) is 0 Å². The first-order valence-electron chi connectivity index (χ1n) is 6.72. The number of allylic oxidation sites excluding steroid dienone is 1. The lowest BCUT2D eigenvalue weighted by atomic mass is 9.67. The van der Waals surface area contributed by atoms with Crippen molar-refractivity contribution in [2.24, 2.45) is 16.7 Å². The van der Waals surface area contributed by atoms with Crippen molar-refractivity contribution in [3.8, 4) is 0 Å². The SMILES string of the molecule is CCOC(=O)C(C)=C1C2(C)CCC(C2)C1(C)C. The molecule has 0 spiro atoms. The highest BCUT2D eigenvalue weighted by atomic mass is 16.5. The van der Waals surface area contributed by atoms with Crippen LogP contribution in [-0.4, -0.2) is 12.6 Å². The predicted octanol–water partition coefficient (Wildman–Crippen LogP) is 3.71. The third-order valence-electron chi connectivity index (χ3n) is 4.97. The van der Waals surface area contributed by atoms with E-state index in [1.807, 2.05) is 13.8 Å². The number of hydrogen-bond donors (Lipinski definition) is 0. The summed E-state index contributed by atoms with van der Waals surface area (Å²) >= 11 is 0. The van der Waals surface area contributed by atoms with Crippen LogP contribution in [0.1, 0.15) is 53.9 Å². The second-order valence-corrected chi connectivity index (χ2v) is 6.44. The minimum Gasteiger partial charge on any atom is -0.463 e. The summed E-state index contributed by atoms with van der Waals surface area (Å²) in [6.45, 7) is 11.2. The summed E-state index contributed by atoms with van der Waals surface area (Å²) in [4.78, 5) is 12.0. The van der Waals surface area contributed by atoms with E-state index in [4.69, 9.17) is 4.74 Å². The molecule has 0 heterocycles. The lowest BCUT2D eigenvalue weighted by Gasteiger charge is -2.38. The lowest BCUT2D eigenvalue weighted by Crippen LogP contribution is -2.29. The van der Waals surface area contributed by atoms with Gasteiger partial charge in [-0.3, -0.25) is 0 Å². The fraction of sp³-hybridized carbons (Fsp3) is 0.800. The van der Waals surface area contributed by atoms with Crippen molar-refractivity contribution < 1.29 is 9.53 Å². The van der Waals surface area contributed by atoms with Crippen molar-refractivity contribution in [1.82, 2.24) is 0 Å². The summed E-state index contributed by atoms with van der Waals surface area (Å²) < 4.78 is 5.17. The monoisotopic (exact) mass is 236 g/mol. The predicted molar refractivity (Wildman–Crippen MR) is 68.6 cm³/mol. The van der Waals surface area contributed by atoms with Crippen LogP contribution in [0.4, 0.5) is 0 Å². The molecule has 0 N–H and O–H groups in total. The summed E-state index contributed by atoms with van der Waals surface area (Å²) in [5, 5.41) is 0. The van der Waals surface area contributed by atoms with Crippen LogP contribution in [0.15, 0.2) is 11.1 Å². The Labute approximate surface area is 104 Å². The van der Waals surface area contributed by atoms with Gasteiger partial charge in [-0.05, 0) is 55.4 Å². The van der Waals surface area contributed by atoms with Gasteiger partial charge in [-0.25, -0.2) is 4.79 Å². The van der Waals surface area contributed by atoms with E-state index in [0.717, 1.165) is 11.5 Å². The van der Waals surface area contributed by atoms with Gasteiger partial charge in [0.15, 0.2) is 0 Å². The van der Waals surface area contributed by atoms with Crippen LogP contribution in [0.5, 0.6) is 0 Å². The molecule has 0 aromatic heterocycles. The topological polar surface area (TPSA) is 26.3 Å². The molecule has 0 saturated heterocycles. The van der Waals surface area contributed by atoms with Crippen molar-refractivity contribution in [2.75, 3.05) is 6.61 Å². The summed E-state index contributed by atoms with van der Waals surface area (Å²) in [6.07, 6.45) is 3.78. The molecular weight excluding hydrogens is 212 g/mol. The van der Waals surface area contributed by atoms with E-state index >= 15 is 0 Å². The smallest absolute Gasteiger partial charge is 0.333 e. The average Bonchev–Trinajstić information content (AvgIpc) is 2.69. The van der Waals surface area contributed by atoms with Gasteiger partial charge in [-0.15, -0.1) is 0 Å². The third-order valence-corrected chi connectivity index (χ3v) is 4.97. The Hall–Kier alpha value is -0.790. The van der Waals surface area contributed by atoms with Crippen LogP contribution in [0.2, 0.25) is 0 Å². The Bertz CT molecular complexity index is 372. The molecule has 0 aromatic rings. The Balaban J connectivity index is 2.43. The number of fused-ring (bicyclic) bond motifs is 2. The van der Waals surface area contributed by atoms with E-state index in [1.54, 1.807) is 0 Å². The van der Waals surface area contributed by atoms with Gasteiger partial charge < -0.3 is 4.74 Å². The van der Waals surface area contributed by atoms with Gasteiger partial charge in [0.05, 0.1) is 6.61 Å². The zero-order chi connectivity index (χ0) is 12.8. The average molecular weight is 236 g/mol.